The van der Waals surface area contributed by atoms with Crippen LogP contribution in [0.4, 0.5) is 0 Å². The van der Waals surface area contributed by atoms with Crippen LogP contribution in [0.25, 0.3) is 27.5 Å². The van der Waals surface area contributed by atoms with Gasteiger partial charge in [-0.1, -0.05) is 42.1 Å². The van der Waals surface area contributed by atoms with E-state index in [-0.39, 0.29) is 16.9 Å². The Bertz CT molecular complexity index is 1660. The van der Waals surface area contributed by atoms with Gasteiger partial charge in [-0.3, -0.25) is 14.2 Å². The van der Waals surface area contributed by atoms with Crippen LogP contribution in [0.5, 0.6) is 0 Å². The molecule has 34 heavy (non-hydrogen) atoms. The fourth-order valence-corrected chi connectivity index (χ4v) is 4.53. The number of esters is 1. The van der Waals surface area contributed by atoms with E-state index in [1.165, 1.54) is 31.0 Å². The van der Waals surface area contributed by atoms with E-state index in [0.29, 0.717) is 44.0 Å². The molecule has 9 heteroatoms. The number of aromatic nitrogens is 4. The number of para-hydroxylation sites is 2. The first kappa shape index (κ1) is 21.6. The second-order valence-corrected chi connectivity index (χ2v) is 8.35. The average molecular weight is 471 g/mol. The first-order chi connectivity index (χ1) is 16.5. The molecule has 0 radical (unpaired) electrons. The van der Waals surface area contributed by atoms with E-state index in [0.717, 1.165) is 0 Å². The molecule has 2 aromatic heterocycles. The van der Waals surface area contributed by atoms with Gasteiger partial charge in [0, 0.05) is 0 Å². The third kappa shape index (κ3) is 3.97. The zero-order valence-corrected chi connectivity index (χ0v) is 18.8. The summed E-state index contributed by atoms with van der Waals surface area (Å²) in [6.45, 7) is 0. The molecule has 8 nitrogen and oxygen atoms in total. The summed E-state index contributed by atoms with van der Waals surface area (Å²) < 4.78 is 6.31. The zero-order valence-electron chi connectivity index (χ0n) is 18.0. The molecule has 0 spiro atoms. The van der Waals surface area contributed by atoms with Crippen molar-refractivity contribution in [1.82, 2.24) is 19.5 Å². The lowest BCUT2D eigenvalue weighted by molar-refractivity contribution is 0.0601. The molecule has 3 aromatic carbocycles. The number of fused-ring (bicyclic) bond motifs is 2. The van der Waals surface area contributed by atoms with Crippen molar-refractivity contribution in [3.05, 3.63) is 105 Å². The molecule has 0 aliphatic heterocycles. The molecule has 0 saturated heterocycles. The molecule has 5 aromatic rings. The minimum absolute atomic E-state index is 0.179. The number of hydrogen-bond acceptors (Lipinski definition) is 7. The molecule has 2 heterocycles. The van der Waals surface area contributed by atoms with Gasteiger partial charge in [-0.05, 0) is 42.5 Å². The van der Waals surface area contributed by atoms with Crippen LogP contribution >= 0.6 is 11.8 Å². The van der Waals surface area contributed by atoms with Gasteiger partial charge in [0.2, 0.25) is 0 Å². The van der Waals surface area contributed by atoms with Gasteiger partial charge in [0.25, 0.3) is 11.1 Å². The van der Waals surface area contributed by atoms with Crippen molar-refractivity contribution in [2.45, 2.75) is 10.9 Å². The highest BCUT2D eigenvalue weighted by Crippen LogP contribution is 2.24. The molecule has 0 bridgehead atoms. The molecule has 0 amide bonds. The van der Waals surface area contributed by atoms with Crippen LogP contribution in [0, 0.1) is 0 Å². The fourth-order valence-electron chi connectivity index (χ4n) is 3.65. The highest BCUT2D eigenvalue weighted by molar-refractivity contribution is 7.98. The molecule has 0 unspecified atom stereocenters. The largest absolute Gasteiger partial charge is 0.465 e. The van der Waals surface area contributed by atoms with E-state index in [9.17, 15) is 14.4 Å². The number of nitrogens with one attached hydrogen (secondary N) is 1. The molecule has 1 N–H and O–H groups in total. The Balaban J connectivity index is 1.57. The highest BCUT2D eigenvalue weighted by atomic mass is 32.2. The number of aromatic amines is 1. The van der Waals surface area contributed by atoms with Crippen molar-refractivity contribution in [3.63, 3.8) is 0 Å². The normalized spacial score (nSPS) is 11.1. The van der Waals surface area contributed by atoms with Crippen LogP contribution < -0.4 is 11.1 Å². The first-order valence-electron chi connectivity index (χ1n) is 10.4. The molecule has 0 atom stereocenters. The van der Waals surface area contributed by atoms with E-state index in [1.54, 1.807) is 28.8 Å². The minimum Gasteiger partial charge on any atom is -0.465 e. The quantitative estimate of drug-likeness (QED) is 0.237. The Morgan fingerprint density at radius 1 is 0.941 bits per heavy atom. The Hall–Kier alpha value is -4.24. The van der Waals surface area contributed by atoms with Crippen molar-refractivity contribution < 1.29 is 9.53 Å². The Kier molecular flexibility index (Phi) is 5.69. The lowest BCUT2D eigenvalue weighted by Crippen LogP contribution is -2.21. The number of ether oxygens (including phenoxy) is 1. The number of hydrogen-bond donors (Lipinski definition) is 1. The molecule has 0 aliphatic rings. The predicted octanol–water partition coefficient (Wildman–Crippen LogP) is 3.70. The number of carbonyl (C=O) groups excluding carboxylic acids is 1. The van der Waals surface area contributed by atoms with E-state index in [2.05, 4.69) is 9.97 Å². The summed E-state index contributed by atoms with van der Waals surface area (Å²) in [5.74, 6) is 0.143. The summed E-state index contributed by atoms with van der Waals surface area (Å²) >= 11 is 1.28. The molecular weight excluding hydrogens is 452 g/mol. The number of carbonyl (C=O) groups is 1. The van der Waals surface area contributed by atoms with Gasteiger partial charge in [0.05, 0.1) is 45.9 Å². The zero-order chi connectivity index (χ0) is 23.7. The SMILES string of the molecule is COC(=O)c1ccc2c(=O)[nH]c(CSc3nc4ccccc4c(=O)n3-c3ccccc3)nc2c1. The maximum atomic E-state index is 13.3. The van der Waals surface area contributed by atoms with Gasteiger partial charge >= 0.3 is 5.97 Å². The Morgan fingerprint density at radius 3 is 2.50 bits per heavy atom. The number of thioether (sulfide) groups is 1. The van der Waals surface area contributed by atoms with Crippen LogP contribution in [0.2, 0.25) is 0 Å². The fraction of sp³-hybridized carbons (Fsp3) is 0.0800. The summed E-state index contributed by atoms with van der Waals surface area (Å²) in [7, 11) is 1.29. The minimum atomic E-state index is -0.507. The standard InChI is InChI=1S/C25H18N4O4S/c1-33-24(32)15-11-12-17-20(13-15)26-21(28-22(17)30)14-34-25-27-19-10-6-5-9-18(19)23(31)29(25)16-7-3-2-4-8-16/h2-13H,14H2,1H3,(H,26,28,30). The predicted molar refractivity (Wildman–Crippen MR) is 131 cm³/mol. The lowest BCUT2D eigenvalue weighted by atomic mass is 10.1. The van der Waals surface area contributed by atoms with Gasteiger partial charge in [0.15, 0.2) is 5.16 Å². The van der Waals surface area contributed by atoms with E-state index in [4.69, 9.17) is 9.72 Å². The molecular formula is C25H18N4O4S. The third-order valence-electron chi connectivity index (χ3n) is 5.27. The Labute approximate surface area is 197 Å². The highest BCUT2D eigenvalue weighted by Gasteiger charge is 2.15. The van der Waals surface area contributed by atoms with Gasteiger partial charge in [-0.15, -0.1) is 0 Å². The van der Waals surface area contributed by atoms with Crippen LogP contribution in [-0.2, 0) is 10.5 Å². The maximum Gasteiger partial charge on any atom is 0.337 e. The van der Waals surface area contributed by atoms with Gasteiger partial charge in [0.1, 0.15) is 5.82 Å². The molecule has 168 valence electrons. The van der Waals surface area contributed by atoms with Crippen LogP contribution in [0.15, 0.2) is 87.5 Å². The van der Waals surface area contributed by atoms with Crippen molar-refractivity contribution in [1.29, 1.82) is 0 Å². The Morgan fingerprint density at radius 2 is 1.71 bits per heavy atom. The monoisotopic (exact) mass is 470 g/mol. The second-order valence-electron chi connectivity index (χ2n) is 7.41. The third-order valence-corrected chi connectivity index (χ3v) is 6.22. The summed E-state index contributed by atoms with van der Waals surface area (Å²) in [5, 5.41) is 1.36. The summed E-state index contributed by atoms with van der Waals surface area (Å²) in [6, 6.07) is 21.0. The van der Waals surface area contributed by atoms with E-state index in [1.807, 2.05) is 36.4 Å². The molecule has 0 fully saturated rings. The second kappa shape index (κ2) is 8.95. The van der Waals surface area contributed by atoms with Crippen LogP contribution in [-0.4, -0.2) is 32.6 Å². The van der Waals surface area contributed by atoms with E-state index >= 15 is 0 Å². The summed E-state index contributed by atoms with van der Waals surface area (Å²) in [4.78, 5) is 49.8. The maximum absolute atomic E-state index is 13.3. The topological polar surface area (TPSA) is 107 Å². The molecule has 0 saturated carbocycles. The van der Waals surface area contributed by atoms with Gasteiger partial charge in [-0.25, -0.2) is 14.8 Å². The van der Waals surface area contributed by atoms with Crippen molar-refractivity contribution in [2.24, 2.45) is 0 Å². The van der Waals surface area contributed by atoms with Crippen molar-refractivity contribution >= 4 is 39.5 Å². The van der Waals surface area contributed by atoms with Crippen LogP contribution in [0.3, 0.4) is 0 Å². The molecule has 5 rings (SSSR count). The van der Waals surface area contributed by atoms with E-state index < -0.39 is 5.97 Å². The average Bonchev–Trinajstić information content (AvgIpc) is 2.87. The number of methoxy groups -OCH3 is 1. The first-order valence-corrected chi connectivity index (χ1v) is 11.3. The number of H-pyrrole nitrogens is 1. The van der Waals surface area contributed by atoms with Gasteiger partial charge in [-0.2, -0.15) is 0 Å². The number of rotatable bonds is 5. The number of nitrogens with zero attached hydrogens (tertiary/aromatic N) is 3. The smallest absolute Gasteiger partial charge is 0.337 e. The van der Waals surface area contributed by atoms with Gasteiger partial charge < -0.3 is 9.72 Å². The van der Waals surface area contributed by atoms with Crippen molar-refractivity contribution in [2.75, 3.05) is 7.11 Å². The van der Waals surface area contributed by atoms with Crippen molar-refractivity contribution in [3.8, 4) is 5.69 Å². The summed E-state index contributed by atoms with van der Waals surface area (Å²) in [6.07, 6.45) is 0. The lowest BCUT2D eigenvalue weighted by Gasteiger charge is -2.13. The number of benzene rings is 3. The van der Waals surface area contributed by atoms with Crippen LogP contribution in [0.1, 0.15) is 16.2 Å². The summed E-state index contributed by atoms with van der Waals surface area (Å²) in [5.41, 5.74) is 1.47. The molecule has 0 aliphatic carbocycles.